The van der Waals surface area contributed by atoms with Crippen molar-refractivity contribution in [2.24, 2.45) is 0 Å². The molecule has 1 fully saturated rings. The van der Waals surface area contributed by atoms with Crippen LogP contribution in [0.3, 0.4) is 0 Å². The second kappa shape index (κ2) is 9.03. The predicted octanol–water partition coefficient (Wildman–Crippen LogP) is 3.75. The average molecular weight is 449 g/mol. The molecule has 1 aliphatic rings. The van der Waals surface area contributed by atoms with Gasteiger partial charge in [0, 0.05) is 29.2 Å². The summed E-state index contributed by atoms with van der Waals surface area (Å²) in [6.45, 7) is 2.04. The fourth-order valence-corrected chi connectivity index (χ4v) is 3.99. The molecule has 168 valence electrons. The first kappa shape index (κ1) is 21.1. The molecule has 33 heavy (non-hydrogen) atoms. The highest BCUT2D eigenvalue weighted by molar-refractivity contribution is 5.58. The monoisotopic (exact) mass is 449 g/mol. The molecule has 4 aromatic rings. The van der Waals surface area contributed by atoms with Gasteiger partial charge < -0.3 is 9.84 Å². The molecule has 0 amide bonds. The van der Waals surface area contributed by atoms with E-state index in [-0.39, 0.29) is 23.6 Å². The van der Waals surface area contributed by atoms with Crippen LogP contribution in [0.25, 0.3) is 22.6 Å². The van der Waals surface area contributed by atoms with E-state index in [4.69, 9.17) is 4.52 Å². The molecular formula is C24H21F2N5O2. The summed E-state index contributed by atoms with van der Waals surface area (Å²) in [5.74, 6) is -0.0178. The van der Waals surface area contributed by atoms with Crippen molar-refractivity contribution in [3.63, 3.8) is 0 Å². The topological polar surface area (TPSA) is 85.8 Å². The first-order valence-electron chi connectivity index (χ1n) is 10.7. The maximum absolute atomic E-state index is 13.6. The van der Waals surface area contributed by atoms with Gasteiger partial charge in [0.25, 0.3) is 5.56 Å². The summed E-state index contributed by atoms with van der Waals surface area (Å²) in [5.41, 5.74) is 1.81. The zero-order valence-corrected chi connectivity index (χ0v) is 17.7. The minimum absolute atomic E-state index is 0.178. The lowest BCUT2D eigenvalue weighted by atomic mass is 9.98. The van der Waals surface area contributed by atoms with Crippen LogP contribution < -0.4 is 10.9 Å². The van der Waals surface area contributed by atoms with Crippen LogP contribution in [0.15, 0.2) is 63.9 Å². The Morgan fingerprint density at radius 2 is 1.79 bits per heavy atom. The summed E-state index contributed by atoms with van der Waals surface area (Å²) in [6.07, 6.45) is 1.92. The largest absolute Gasteiger partial charge is 0.339 e. The number of halogens is 2. The van der Waals surface area contributed by atoms with Crippen LogP contribution >= 0.6 is 0 Å². The van der Waals surface area contributed by atoms with E-state index in [0.717, 1.165) is 43.1 Å². The van der Waals surface area contributed by atoms with Crippen LogP contribution in [0.2, 0.25) is 0 Å². The van der Waals surface area contributed by atoms with Crippen LogP contribution in [0.4, 0.5) is 8.78 Å². The maximum atomic E-state index is 13.6. The Bertz CT molecular complexity index is 1320. The first-order valence-corrected chi connectivity index (χ1v) is 10.7. The zero-order chi connectivity index (χ0) is 22.8. The second-order valence-electron chi connectivity index (χ2n) is 8.05. The van der Waals surface area contributed by atoms with E-state index in [1.807, 2.05) is 24.3 Å². The van der Waals surface area contributed by atoms with Gasteiger partial charge in [-0.1, -0.05) is 23.4 Å². The fraction of sp³-hybridized carbons (Fsp3) is 0.250. The van der Waals surface area contributed by atoms with Crippen molar-refractivity contribution < 1.29 is 13.3 Å². The maximum Gasteiger partial charge on any atom is 0.267 e. The van der Waals surface area contributed by atoms with Gasteiger partial charge in [0.2, 0.25) is 11.7 Å². The summed E-state index contributed by atoms with van der Waals surface area (Å²) in [6, 6.07) is 13.4. The highest BCUT2D eigenvalue weighted by Gasteiger charge is 2.21. The van der Waals surface area contributed by atoms with Gasteiger partial charge in [0.05, 0.1) is 12.2 Å². The molecule has 0 aliphatic carbocycles. The second-order valence-corrected chi connectivity index (χ2v) is 8.05. The van der Waals surface area contributed by atoms with Crippen molar-refractivity contribution in [2.45, 2.75) is 25.3 Å². The molecule has 0 spiro atoms. The van der Waals surface area contributed by atoms with Gasteiger partial charge in [-0.05, 0) is 55.8 Å². The molecule has 0 atom stereocenters. The fourth-order valence-electron chi connectivity index (χ4n) is 3.99. The number of nitrogens with one attached hydrogen (secondary N) is 1. The third-order valence-electron chi connectivity index (χ3n) is 5.67. The molecule has 7 nitrogen and oxygen atoms in total. The summed E-state index contributed by atoms with van der Waals surface area (Å²) < 4.78 is 34.0. The average Bonchev–Trinajstić information content (AvgIpc) is 3.31. The Morgan fingerprint density at radius 3 is 2.58 bits per heavy atom. The van der Waals surface area contributed by atoms with E-state index in [1.165, 1.54) is 28.9 Å². The molecule has 3 heterocycles. The SMILES string of the molecule is O=c1ccc(-c2cc(F)cc(F)c2)nn1Cc1cccc(-c2noc(C3CCNCC3)n2)c1. The molecule has 1 aliphatic heterocycles. The van der Waals surface area contributed by atoms with E-state index in [2.05, 4.69) is 20.6 Å². The lowest BCUT2D eigenvalue weighted by Gasteiger charge is -2.18. The molecule has 1 saturated heterocycles. The highest BCUT2D eigenvalue weighted by atomic mass is 19.1. The molecule has 0 bridgehead atoms. The van der Waals surface area contributed by atoms with Gasteiger partial charge in [-0.2, -0.15) is 10.1 Å². The Hall–Kier alpha value is -3.72. The Labute approximate surface area is 188 Å². The molecular weight excluding hydrogens is 428 g/mol. The highest BCUT2D eigenvalue weighted by Crippen LogP contribution is 2.26. The number of hydrogen-bond donors (Lipinski definition) is 1. The standard InChI is InChI=1S/C24H21F2N5O2/c25-19-11-18(12-20(26)13-19)21-4-5-22(32)31(29-21)14-15-2-1-3-17(10-15)23-28-24(33-30-23)16-6-8-27-9-7-16/h1-5,10-13,16,27H,6-9,14H2. The Morgan fingerprint density at radius 1 is 1.00 bits per heavy atom. The van der Waals surface area contributed by atoms with Gasteiger partial charge >= 0.3 is 0 Å². The van der Waals surface area contributed by atoms with Crippen LogP contribution in [-0.2, 0) is 6.54 Å². The molecule has 2 aromatic heterocycles. The van der Waals surface area contributed by atoms with Crippen LogP contribution in [0.5, 0.6) is 0 Å². The molecule has 2 aromatic carbocycles. The number of rotatable bonds is 5. The zero-order valence-electron chi connectivity index (χ0n) is 17.7. The molecule has 5 rings (SSSR count). The van der Waals surface area contributed by atoms with Crippen molar-refractivity contribution in [3.8, 4) is 22.6 Å². The van der Waals surface area contributed by atoms with E-state index in [0.29, 0.717) is 17.4 Å². The van der Waals surface area contributed by atoms with Crippen molar-refractivity contribution in [1.82, 2.24) is 25.2 Å². The van der Waals surface area contributed by atoms with Gasteiger partial charge in [0.15, 0.2) is 0 Å². The van der Waals surface area contributed by atoms with Gasteiger partial charge in [-0.25, -0.2) is 13.5 Å². The number of benzene rings is 2. The lowest BCUT2D eigenvalue weighted by molar-refractivity contribution is 0.320. The molecule has 9 heteroatoms. The van der Waals surface area contributed by atoms with Gasteiger partial charge in [-0.15, -0.1) is 0 Å². The third kappa shape index (κ3) is 4.73. The quantitative estimate of drug-likeness (QED) is 0.500. The summed E-state index contributed by atoms with van der Waals surface area (Å²) in [7, 11) is 0. The smallest absolute Gasteiger partial charge is 0.267 e. The minimum Gasteiger partial charge on any atom is -0.339 e. The Kier molecular flexibility index (Phi) is 5.78. The summed E-state index contributed by atoms with van der Waals surface area (Å²) in [5, 5.41) is 11.8. The van der Waals surface area contributed by atoms with E-state index in [9.17, 15) is 13.6 Å². The molecule has 0 unspecified atom stereocenters. The van der Waals surface area contributed by atoms with Crippen molar-refractivity contribution in [1.29, 1.82) is 0 Å². The predicted molar refractivity (Wildman–Crippen MR) is 118 cm³/mol. The van der Waals surface area contributed by atoms with Crippen molar-refractivity contribution in [3.05, 3.63) is 88.0 Å². The normalized spacial score (nSPS) is 14.5. The van der Waals surface area contributed by atoms with Crippen molar-refractivity contribution in [2.75, 3.05) is 13.1 Å². The third-order valence-corrected chi connectivity index (χ3v) is 5.67. The number of nitrogens with zero attached hydrogens (tertiary/aromatic N) is 4. The minimum atomic E-state index is -0.707. The summed E-state index contributed by atoms with van der Waals surface area (Å²) >= 11 is 0. The number of aromatic nitrogens is 4. The first-order chi connectivity index (χ1) is 16.0. The molecule has 0 saturated carbocycles. The van der Waals surface area contributed by atoms with Crippen molar-refractivity contribution >= 4 is 0 Å². The van der Waals surface area contributed by atoms with Gasteiger partial charge in [-0.3, -0.25) is 4.79 Å². The van der Waals surface area contributed by atoms with Gasteiger partial charge in [0.1, 0.15) is 11.6 Å². The lowest BCUT2D eigenvalue weighted by Crippen LogP contribution is -2.26. The van der Waals surface area contributed by atoms with E-state index in [1.54, 1.807) is 0 Å². The van der Waals surface area contributed by atoms with Crippen LogP contribution in [0.1, 0.15) is 30.2 Å². The number of piperidine rings is 1. The van der Waals surface area contributed by atoms with E-state index < -0.39 is 11.6 Å². The van der Waals surface area contributed by atoms with Crippen LogP contribution in [0, 0.1) is 11.6 Å². The molecule has 0 radical (unpaired) electrons. The Balaban J connectivity index is 1.40. The number of hydrogen-bond acceptors (Lipinski definition) is 6. The molecule has 1 N–H and O–H groups in total. The van der Waals surface area contributed by atoms with Crippen LogP contribution in [-0.4, -0.2) is 33.0 Å². The summed E-state index contributed by atoms with van der Waals surface area (Å²) in [4.78, 5) is 17.0. The van der Waals surface area contributed by atoms with E-state index >= 15 is 0 Å².